The zero-order chi connectivity index (χ0) is 56.1. The van der Waals surface area contributed by atoms with E-state index in [9.17, 15) is 31.6 Å². The molecule has 12 heteroatoms. The fraction of sp³-hybridized carbons (Fsp3) is 0.0870. The molecule has 81 heavy (non-hydrogen) atoms. The number of aryl methyl sites for hydroxylation is 6. The monoisotopic (exact) mass is 1040 g/mol. The van der Waals surface area contributed by atoms with Gasteiger partial charge in [-0.1, -0.05) is 69.8 Å². The lowest BCUT2D eigenvalue weighted by Gasteiger charge is -2.16. The molecule has 0 aliphatic rings. The van der Waals surface area contributed by atoms with Crippen molar-refractivity contribution in [2.24, 2.45) is 0 Å². The highest BCUT2D eigenvalue weighted by atomic mass is 15.0. The maximum Gasteiger partial charge on any atom is 0.164 e. The van der Waals surface area contributed by atoms with Crippen LogP contribution in [0, 0.1) is 110 Å². The van der Waals surface area contributed by atoms with Crippen LogP contribution < -0.4 is 0 Å². The van der Waals surface area contributed by atoms with Crippen LogP contribution in [0.5, 0.6) is 0 Å². The number of nitriles is 6. The van der Waals surface area contributed by atoms with Gasteiger partial charge in [0.1, 0.15) is 36.4 Å². The van der Waals surface area contributed by atoms with Crippen LogP contribution in [0.4, 0.5) is 0 Å². The van der Waals surface area contributed by atoms with Gasteiger partial charge in [0, 0.05) is 49.0 Å². The second-order valence-electron chi connectivity index (χ2n) is 20.9. The molecule has 13 aromatic rings. The summed E-state index contributed by atoms with van der Waals surface area (Å²) in [5.41, 5.74) is 14.4. The Balaban J connectivity index is 1.07. The molecule has 0 bridgehead atoms. The lowest BCUT2D eigenvalue weighted by Crippen LogP contribution is -2.06. The van der Waals surface area contributed by atoms with Crippen molar-refractivity contribution < 1.29 is 0 Å². The van der Waals surface area contributed by atoms with Gasteiger partial charge in [0.2, 0.25) is 0 Å². The second kappa shape index (κ2) is 18.5. The number of aromatic nitrogens is 6. The molecular weight excluding hydrogens is 997 g/mol. The van der Waals surface area contributed by atoms with Crippen LogP contribution in [-0.2, 0) is 0 Å². The normalized spacial score (nSPS) is 11.3. The molecule has 0 amide bonds. The molecule has 4 heterocycles. The maximum absolute atomic E-state index is 11.1. The Morgan fingerprint density at radius 1 is 0.259 bits per heavy atom. The highest BCUT2D eigenvalue weighted by Gasteiger charge is 2.26. The van der Waals surface area contributed by atoms with Crippen molar-refractivity contribution in [3.05, 3.63) is 212 Å². The van der Waals surface area contributed by atoms with Crippen LogP contribution in [0.15, 0.2) is 146 Å². The Bertz CT molecular complexity index is 4450. The zero-order valence-corrected chi connectivity index (χ0v) is 44.7. The summed E-state index contributed by atoms with van der Waals surface area (Å²) in [6.07, 6.45) is 0. The number of rotatable bonds is 6. The van der Waals surface area contributed by atoms with E-state index in [1.807, 2.05) is 128 Å². The van der Waals surface area contributed by atoms with Crippen LogP contribution in [0.3, 0.4) is 0 Å². The molecule has 0 N–H and O–H groups in total. The average Bonchev–Trinajstić information content (AvgIpc) is 3.48. The van der Waals surface area contributed by atoms with E-state index in [1.54, 1.807) is 36.4 Å². The Labute approximate surface area is 465 Å². The molecule has 0 aliphatic heterocycles. The van der Waals surface area contributed by atoms with Gasteiger partial charge in [0.15, 0.2) is 17.5 Å². The van der Waals surface area contributed by atoms with Crippen LogP contribution in [0.2, 0.25) is 0 Å². The van der Waals surface area contributed by atoms with Crippen molar-refractivity contribution in [1.82, 2.24) is 28.7 Å². The highest BCUT2D eigenvalue weighted by Crippen LogP contribution is 2.42. The van der Waals surface area contributed by atoms with E-state index in [0.29, 0.717) is 33.8 Å². The molecule has 0 aliphatic carbocycles. The number of hydrogen-bond acceptors (Lipinski definition) is 9. The smallest absolute Gasteiger partial charge is 0.164 e. The topological polar surface area (TPSA) is 196 Å². The maximum atomic E-state index is 11.1. The van der Waals surface area contributed by atoms with E-state index in [0.717, 1.165) is 98.8 Å². The fourth-order valence-electron chi connectivity index (χ4n) is 11.8. The summed E-state index contributed by atoms with van der Waals surface area (Å²) in [4.78, 5) is 15.1. The standard InChI is InChI=1S/C69H42N12/c1-37-7-13-58-52(19-37)53-20-38(2)8-14-59(53)79(58)64-46(31-70)25-43(26-47(64)32-71)67-76-68(44-27-48(33-72)65(49(28-44)34-73)80-60-15-9-39(3)21-54(60)55-22-40(4)10-16-61(55)80)78-69(77-67)45-29-50(35-74)66(51(30-45)36-75)81-62-17-11-41(5)23-56(62)57-24-42(6)12-18-63(57)81/h7-30H,1-6H3. The minimum Gasteiger partial charge on any atom is -0.307 e. The molecule has 13 rings (SSSR count). The number of benzene rings is 9. The van der Waals surface area contributed by atoms with E-state index in [2.05, 4.69) is 72.8 Å². The zero-order valence-electron chi connectivity index (χ0n) is 44.7. The molecular formula is C69H42N12. The largest absolute Gasteiger partial charge is 0.307 e. The molecule has 0 unspecified atom stereocenters. The van der Waals surface area contributed by atoms with Gasteiger partial charge in [-0.15, -0.1) is 0 Å². The Kier molecular flexibility index (Phi) is 11.2. The Morgan fingerprint density at radius 2 is 0.432 bits per heavy atom. The summed E-state index contributed by atoms with van der Waals surface area (Å²) < 4.78 is 5.86. The van der Waals surface area contributed by atoms with Crippen LogP contribution >= 0.6 is 0 Å². The van der Waals surface area contributed by atoms with E-state index >= 15 is 0 Å². The lowest BCUT2D eigenvalue weighted by molar-refractivity contribution is 1.07. The van der Waals surface area contributed by atoms with Crippen molar-refractivity contribution in [3.8, 4) is 87.6 Å². The molecule has 4 aromatic heterocycles. The van der Waals surface area contributed by atoms with Crippen molar-refractivity contribution in [2.45, 2.75) is 41.5 Å². The lowest BCUT2D eigenvalue weighted by atomic mass is 10.0. The Hall–Kier alpha value is -11.7. The van der Waals surface area contributed by atoms with Gasteiger partial charge in [-0.3, -0.25) is 0 Å². The second-order valence-corrected chi connectivity index (χ2v) is 20.9. The summed E-state index contributed by atoms with van der Waals surface area (Å²) in [6.45, 7) is 12.2. The van der Waals surface area contributed by atoms with E-state index in [4.69, 9.17) is 15.0 Å². The van der Waals surface area contributed by atoms with Gasteiger partial charge >= 0.3 is 0 Å². The van der Waals surface area contributed by atoms with Gasteiger partial charge in [0.05, 0.1) is 83.5 Å². The molecule has 0 spiro atoms. The van der Waals surface area contributed by atoms with Crippen molar-refractivity contribution in [3.63, 3.8) is 0 Å². The molecule has 12 nitrogen and oxygen atoms in total. The van der Waals surface area contributed by atoms with Gasteiger partial charge < -0.3 is 13.7 Å². The van der Waals surface area contributed by atoms with Crippen LogP contribution in [0.1, 0.15) is 66.8 Å². The number of fused-ring (bicyclic) bond motifs is 9. The first-order valence-electron chi connectivity index (χ1n) is 26.1. The summed E-state index contributed by atoms with van der Waals surface area (Å²) in [6, 6.07) is 60.8. The summed E-state index contributed by atoms with van der Waals surface area (Å²) >= 11 is 0. The molecule has 0 fully saturated rings. The van der Waals surface area contributed by atoms with Crippen LogP contribution in [-0.4, -0.2) is 28.7 Å². The number of hydrogen-bond donors (Lipinski definition) is 0. The van der Waals surface area contributed by atoms with Crippen molar-refractivity contribution in [1.29, 1.82) is 31.6 Å². The molecule has 0 radical (unpaired) electrons. The molecule has 0 atom stereocenters. The third-order valence-electron chi connectivity index (χ3n) is 15.4. The van der Waals surface area contributed by atoms with E-state index in [1.165, 1.54) is 0 Å². The predicted octanol–water partition coefficient (Wildman–Crippen LogP) is 15.2. The van der Waals surface area contributed by atoms with E-state index in [-0.39, 0.29) is 50.9 Å². The summed E-state index contributed by atoms with van der Waals surface area (Å²) in [7, 11) is 0. The summed E-state index contributed by atoms with van der Waals surface area (Å²) in [5.74, 6) is 0.143. The third-order valence-corrected chi connectivity index (χ3v) is 15.4. The first-order valence-corrected chi connectivity index (χ1v) is 26.1. The first-order chi connectivity index (χ1) is 39.3. The Morgan fingerprint density at radius 3 is 0.593 bits per heavy atom. The van der Waals surface area contributed by atoms with Gasteiger partial charge in [0.25, 0.3) is 0 Å². The van der Waals surface area contributed by atoms with Gasteiger partial charge in [-0.25, -0.2) is 15.0 Å². The average molecular weight is 1040 g/mol. The third kappa shape index (κ3) is 7.64. The fourth-order valence-corrected chi connectivity index (χ4v) is 11.8. The molecule has 378 valence electrons. The minimum absolute atomic E-state index is 0.0477. The highest BCUT2D eigenvalue weighted by molar-refractivity contribution is 6.12. The quantitative estimate of drug-likeness (QED) is 0.156. The minimum atomic E-state index is 0.0477. The van der Waals surface area contributed by atoms with Gasteiger partial charge in [-0.2, -0.15) is 31.6 Å². The molecule has 0 saturated carbocycles. The summed E-state index contributed by atoms with van der Waals surface area (Å²) in [5, 5.41) is 72.5. The van der Waals surface area contributed by atoms with Crippen molar-refractivity contribution >= 4 is 65.4 Å². The predicted molar refractivity (Wildman–Crippen MR) is 316 cm³/mol. The van der Waals surface area contributed by atoms with Crippen molar-refractivity contribution in [2.75, 3.05) is 0 Å². The van der Waals surface area contributed by atoms with Gasteiger partial charge in [-0.05, 0) is 151 Å². The number of nitrogens with zero attached hydrogens (tertiary/aromatic N) is 12. The SMILES string of the molecule is Cc1ccc2c(c1)c1cc(C)ccc1n2-c1c(C#N)cc(-c2nc(-c3cc(C#N)c(-n4c5ccc(C)cc5c5cc(C)ccc54)c(C#N)c3)nc(-c3cc(C#N)c(-n4c5ccc(C)cc5c5cc(C)ccc54)c(C#N)c3)n2)cc1C#N. The molecule has 0 saturated heterocycles. The van der Waals surface area contributed by atoms with Crippen LogP contribution in [0.25, 0.3) is 117 Å². The molecule has 9 aromatic carbocycles. The first kappa shape index (κ1) is 48.9. The van der Waals surface area contributed by atoms with E-state index < -0.39 is 0 Å².